The van der Waals surface area contributed by atoms with Gasteiger partial charge in [0, 0.05) is 12.6 Å². The molecular weight excluding hydrogens is 386 g/mol. The Balaban J connectivity index is 1.62. The number of hydrogen-bond donors (Lipinski definition) is 0. The van der Waals surface area contributed by atoms with Crippen molar-refractivity contribution in [2.24, 2.45) is 11.8 Å². The number of likely N-dealkylation sites (tertiary alicyclic amines) is 1. The van der Waals surface area contributed by atoms with Crippen molar-refractivity contribution in [2.45, 2.75) is 45.3 Å². The van der Waals surface area contributed by atoms with E-state index >= 15 is 0 Å². The summed E-state index contributed by atoms with van der Waals surface area (Å²) in [5, 5.41) is 0. The van der Waals surface area contributed by atoms with Gasteiger partial charge in [-0.05, 0) is 50.0 Å². The number of allylic oxidation sites excluding steroid dienone is 1. The first kappa shape index (κ1) is 21.9. The molecule has 7 nitrogen and oxygen atoms in total. The van der Waals surface area contributed by atoms with Crippen molar-refractivity contribution in [3.63, 3.8) is 0 Å². The summed E-state index contributed by atoms with van der Waals surface area (Å²) in [7, 11) is 1.32. The van der Waals surface area contributed by atoms with Crippen molar-refractivity contribution in [2.75, 3.05) is 20.3 Å². The third-order valence-corrected chi connectivity index (χ3v) is 5.87. The van der Waals surface area contributed by atoms with Gasteiger partial charge in [0.05, 0.1) is 13.7 Å². The Morgan fingerprint density at radius 3 is 2.60 bits per heavy atom. The second-order valence-electron chi connectivity index (χ2n) is 7.78. The number of methoxy groups -OCH3 is 1. The normalized spacial score (nSPS) is 24.7. The molecule has 1 heterocycles. The molecule has 2 aliphatic rings. The van der Waals surface area contributed by atoms with E-state index in [9.17, 15) is 14.4 Å². The number of hydrogen-bond acceptors (Lipinski definition) is 6. The van der Waals surface area contributed by atoms with Crippen molar-refractivity contribution in [1.29, 1.82) is 0 Å². The van der Waals surface area contributed by atoms with Gasteiger partial charge in [0.15, 0.2) is 0 Å². The van der Waals surface area contributed by atoms with E-state index in [2.05, 4.69) is 0 Å². The van der Waals surface area contributed by atoms with Crippen molar-refractivity contribution < 1.29 is 28.6 Å². The second kappa shape index (κ2) is 10.3. The summed E-state index contributed by atoms with van der Waals surface area (Å²) in [6.45, 7) is 2.71. The van der Waals surface area contributed by atoms with Crippen molar-refractivity contribution in [1.82, 2.24) is 4.90 Å². The summed E-state index contributed by atoms with van der Waals surface area (Å²) in [4.78, 5) is 38.3. The number of esters is 2. The third kappa shape index (κ3) is 5.40. The first-order valence-electron chi connectivity index (χ1n) is 10.4. The van der Waals surface area contributed by atoms with E-state index in [0.29, 0.717) is 13.0 Å². The Labute approximate surface area is 177 Å². The van der Waals surface area contributed by atoms with Crippen LogP contribution in [0.2, 0.25) is 0 Å². The van der Waals surface area contributed by atoms with Gasteiger partial charge in [0.25, 0.3) is 0 Å². The highest BCUT2D eigenvalue weighted by molar-refractivity contribution is 5.83. The number of rotatable bonds is 5. The lowest BCUT2D eigenvalue weighted by atomic mass is 9.71. The Kier molecular flexibility index (Phi) is 7.49. The Morgan fingerprint density at radius 1 is 1.13 bits per heavy atom. The molecule has 1 aliphatic heterocycles. The number of carbonyl (C=O) groups is 3. The number of carbonyl (C=O) groups excluding carboxylic acids is 3. The smallest absolute Gasteiger partial charge is 0.410 e. The summed E-state index contributed by atoms with van der Waals surface area (Å²) in [6.07, 6.45) is 3.94. The van der Waals surface area contributed by atoms with E-state index in [-0.39, 0.29) is 31.0 Å². The first-order valence-corrected chi connectivity index (χ1v) is 10.4. The molecule has 1 amide bonds. The SMILES string of the molecule is CCOC(=O)[C@@H]1C[C@H]2C/C(=C/C(=O)OCc3ccccc3)CC[C@H]2CN1C(=O)OC. The minimum atomic E-state index is -0.650. The van der Waals surface area contributed by atoms with Crippen LogP contribution in [0.4, 0.5) is 4.79 Å². The molecule has 30 heavy (non-hydrogen) atoms. The quantitative estimate of drug-likeness (QED) is 0.416. The highest BCUT2D eigenvalue weighted by Gasteiger charge is 2.43. The lowest BCUT2D eigenvalue weighted by Gasteiger charge is -2.44. The number of fused-ring (bicyclic) bond motifs is 1. The zero-order valence-corrected chi connectivity index (χ0v) is 17.5. The minimum absolute atomic E-state index is 0.210. The molecule has 1 saturated carbocycles. The average Bonchev–Trinajstić information content (AvgIpc) is 2.77. The molecular formula is C23H29NO6. The van der Waals surface area contributed by atoms with Crippen LogP contribution >= 0.6 is 0 Å². The molecule has 0 aromatic heterocycles. The molecule has 2 fully saturated rings. The monoisotopic (exact) mass is 415 g/mol. The number of nitrogens with zero attached hydrogens (tertiary/aromatic N) is 1. The maximum atomic E-state index is 12.4. The Hall–Kier alpha value is -2.83. The number of benzene rings is 1. The van der Waals surface area contributed by atoms with E-state index in [0.717, 1.165) is 30.4 Å². The number of piperidine rings is 1. The highest BCUT2D eigenvalue weighted by atomic mass is 16.6. The van der Waals surface area contributed by atoms with E-state index in [1.165, 1.54) is 12.0 Å². The molecule has 0 radical (unpaired) electrons. The average molecular weight is 415 g/mol. The van der Waals surface area contributed by atoms with Gasteiger partial charge in [0.1, 0.15) is 12.6 Å². The van der Waals surface area contributed by atoms with Crippen LogP contribution in [-0.2, 0) is 30.4 Å². The topological polar surface area (TPSA) is 82.1 Å². The van der Waals surface area contributed by atoms with Crippen LogP contribution in [0, 0.1) is 11.8 Å². The maximum absolute atomic E-state index is 12.4. The van der Waals surface area contributed by atoms with Crippen LogP contribution in [0.3, 0.4) is 0 Å². The molecule has 3 rings (SSSR count). The first-order chi connectivity index (χ1) is 14.5. The summed E-state index contributed by atoms with van der Waals surface area (Å²) < 4.78 is 15.4. The standard InChI is InChI=1S/C23H29NO6/c1-3-29-22(26)20-13-19-11-17(9-10-18(19)14-24(20)23(27)28-2)12-21(25)30-15-16-7-5-4-6-8-16/h4-8,12,18-20H,3,9-11,13-15H2,1-2H3/b17-12+/t18-,19+,20-/m0/s1. The van der Waals surface area contributed by atoms with Crippen molar-refractivity contribution in [3.8, 4) is 0 Å². The summed E-state index contributed by atoms with van der Waals surface area (Å²) in [5.74, 6) is -0.268. The van der Waals surface area contributed by atoms with Gasteiger partial charge in [-0.25, -0.2) is 14.4 Å². The Bertz CT molecular complexity index is 790. The van der Waals surface area contributed by atoms with Gasteiger partial charge in [-0.15, -0.1) is 0 Å². The predicted molar refractivity (Wildman–Crippen MR) is 109 cm³/mol. The van der Waals surface area contributed by atoms with E-state index in [1.807, 2.05) is 30.3 Å². The zero-order valence-electron chi connectivity index (χ0n) is 17.5. The molecule has 0 N–H and O–H groups in total. The lowest BCUT2D eigenvalue weighted by molar-refractivity contribution is -0.152. The van der Waals surface area contributed by atoms with Crippen LogP contribution in [0.5, 0.6) is 0 Å². The fourth-order valence-corrected chi connectivity index (χ4v) is 4.37. The molecule has 0 unspecified atom stereocenters. The molecule has 1 aromatic carbocycles. The summed E-state index contributed by atoms with van der Waals surface area (Å²) in [5.41, 5.74) is 1.98. The fraction of sp³-hybridized carbons (Fsp3) is 0.522. The van der Waals surface area contributed by atoms with Crippen LogP contribution in [-0.4, -0.2) is 49.2 Å². The van der Waals surface area contributed by atoms with Gasteiger partial charge in [-0.2, -0.15) is 0 Å². The molecule has 0 bridgehead atoms. The van der Waals surface area contributed by atoms with Crippen LogP contribution in [0.1, 0.15) is 38.2 Å². The van der Waals surface area contributed by atoms with Gasteiger partial charge in [-0.3, -0.25) is 4.90 Å². The van der Waals surface area contributed by atoms with Crippen LogP contribution < -0.4 is 0 Å². The third-order valence-electron chi connectivity index (χ3n) is 5.87. The molecule has 3 atom stereocenters. The van der Waals surface area contributed by atoms with Crippen molar-refractivity contribution >= 4 is 18.0 Å². The molecule has 1 aliphatic carbocycles. The van der Waals surface area contributed by atoms with Crippen molar-refractivity contribution in [3.05, 3.63) is 47.5 Å². The second-order valence-corrected chi connectivity index (χ2v) is 7.78. The molecule has 0 spiro atoms. The van der Waals surface area contributed by atoms with E-state index in [4.69, 9.17) is 14.2 Å². The van der Waals surface area contributed by atoms with Crippen LogP contribution in [0.15, 0.2) is 42.0 Å². The molecule has 7 heteroatoms. The van der Waals surface area contributed by atoms with Gasteiger partial charge in [-0.1, -0.05) is 35.9 Å². The summed E-state index contributed by atoms with van der Waals surface area (Å²) >= 11 is 0. The van der Waals surface area contributed by atoms with Gasteiger partial charge < -0.3 is 14.2 Å². The largest absolute Gasteiger partial charge is 0.464 e. The van der Waals surface area contributed by atoms with Gasteiger partial charge >= 0.3 is 18.0 Å². The Morgan fingerprint density at radius 2 is 1.90 bits per heavy atom. The van der Waals surface area contributed by atoms with Crippen LogP contribution in [0.25, 0.3) is 0 Å². The highest BCUT2D eigenvalue weighted by Crippen LogP contribution is 2.41. The number of ether oxygens (including phenoxy) is 3. The number of amides is 1. The summed E-state index contributed by atoms with van der Waals surface area (Å²) in [6, 6.07) is 8.91. The lowest BCUT2D eigenvalue weighted by Crippen LogP contribution is -2.54. The zero-order chi connectivity index (χ0) is 21.5. The fourth-order valence-electron chi connectivity index (χ4n) is 4.37. The molecule has 1 aromatic rings. The van der Waals surface area contributed by atoms with E-state index in [1.54, 1.807) is 13.0 Å². The van der Waals surface area contributed by atoms with E-state index < -0.39 is 18.1 Å². The molecule has 1 saturated heterocycles. The molecule has 162 valence electrons. The maximum Gasteiger partial charge on any atom is 0.410 e. The minimum Gasteiger partial charge on any atom is -0.464 e. The van der Waals surface area contributed by atoms with Gasteiger partial charge in [0.2, 0.25) is 0 Å². The predicted octanol–water partition coefficient (Wildman–Crippen LogP) is 3.48.